The summed E-state index contributed by atoms with van der Waals surface area (Å²) >= 11 is 1.64. The van der Waals surface area contributed by atoms with E-state index < -0.39 is 28.0 Å². The van der Waals surface area contributed by atoms with Crippen LogP contribution in [0.4, 0.5) is 0 Å². The van der Waals surface area contributed by atoms with Crippen LogP contribution in [0.3, 0.4) is 0 Å². The molecule has 0 spiro atoms. The van der Waals surface area contributed by atoms with Crippen LogP contribution in [-0.2, 0) is 14.8 Å². The molecule has 2 aromatic rings. The molecule has 2 aliphatic heterocycles. The zero-order valence-electron chi connectivity index (χ0n) is 19.6. The number of benzene rings is 2. The van der Waals surface area contributed by atoms with Gasteiger partial charge >= 0.3 is 5.97 Å². The van der Waals surface area contributed by atoms with Crippen LogP contribution in [0.25, 0.3) is 0 Å². The summed E-state index contributed by atoms with van der Waals surface area (Å²) in [6.45, 7) is 6.22. The lowest BCUT2D eigenvalue weighted by atomic mass is 9.90. The van der Waals surface area contributed by atoms with E-state index in [1.54, 1.807) is 42.1 Å². The van der Waals surface area contributed by atoms with Gasteiger partial charge in [0.05, 0.1) is 16.9 Å². The van der Waals surface area contributed by atoms with Gasteiger partial charge in [-0.05, 0) is 61.3 Å². The number of carboxylic acids is 1. The molecule has 34 heavy (non-hydrogen) atoms. The second kappa shape index (κ2) is 10.2. The fraction of sp³-hybridized carbons (Fsp3) is 0.480. The highest BCUT2D eigenvalue weighted by molar-refractivity contribution is 7.99. The van der Waals surface area contributed by atoms with Gasteiger partial charge in [0.2, 0.25) is 16.8 Å². The van der Waals surface area contributed by atoms with E-state index in [0.29, 0.717) is 23.8 Å². The summed E-state index contributed by atoms with van der Waals surface area (Å²) in [6.07, 6.45) is 1.39. The third kappa shape index (κ3) is 5.21. The molecule has 2 aromatic carbocycles. The Morgan fingerprint density at radius 1 is 1.15 bits per heavy atom. The summed E-state index contributed by atoms with van der Waals surface area (Å²) in [5, 5.41) is 9.82. The summed E-state index contributed by atoms with van der Waals surface area (Å²) in [6, 6.07) is 11.6. The summed E-state index contributed by atoms with van der Waals surface area (Å²) in [4.78, 5) is 12.4. The molecule has 1 N–H and O–H groups in total. The number of carbonyl (C=O) groups is 1. The van der Waals surface area contributed by atoms with Gasteiger partial charge in [-0.15, -0.1) is 0 Å². The molecule has 0 aliphatic carbocycles. The number of aliphatic carboxylic acids is 1. The highest BCUT2D eigenvalue weighted by Crippen LogP contribution is 2.44. The van der Waals surface area contributed by atoms with Gasteiger partial charge in [0.15, 0.2) is 11.5 Å². The maximum absolute atomic E-state index is 13.8. The SMILES string of the molecule is Cc1ccc(S(=O)(=O)N2C[C@@H](C(=O)O)[C@H](SCCC(C)C)C[C@H]2c2ccc3c(c2)OCO3)cc1. The lowest BCUT2D eigenvalue weighted by Crippen LogP contribution is -2.49. The molecule has 0 unspecified atom stereocenters. The topological polar surface area (TPSA) is 93.1 Å². The molecule has 1 saturated heterocycles. The summed E-state index contributed by atoms with van der Waals surface area (Å²) in [5.41, 5.74) is 1.73. The number of ether oxygens (including phenoxy) is 2. The molecule has 0 bridgehead atoms. The highest BCUT2D eigenvalue weighted by atomic mass is 32.2. The molecule has 0 aromatic heterocycles. The first-order valence-corrected chi connectivity index (χ1v) is 14.0. The number of rotatable bonds is 8. The third-order valence-electron chi connectivity index (χ3n) is 6.38. The molecule has 0 radical (unpaired) electrons. The van der Waals surface area contributed by atoms with E-state index in [2.05, 4.69) is 13.8 Å². The molecular formula is C25H31NO6S2. The lowest BCUT2D eigenvalue weighted by Gasteiger charge is -2.42. The van der Waals surface area contributed by atoms with Crippen molar-refractivity contribution in [1.82, 2.24) is 4.31 Å². The fourth-order valence-corrected chi connectivity index (χ4v) is 7.66. The van der Waals surface area contributed by atoms with Crippen molar-refractivity contribution in [3.63, 3.8) is 0 Å². The van der Waals surface area contributed by atoms with Crippen LogP contribution < -0.4 is 9.47 Å². The molecule has 2 aliphatic rings. The highest BCUT2D eigenvalue weighted by Gasteiger charge is 2.45. The Kier molecular flexibility index (Phi) is 7.45. The van der Waals surface area contributed by atoms with Crippen LogP contribution in [0.15, 0.2) is 47.4 Å². The van der Waals surface area contributed by atoms with Crippen LogP contribution in [0.1, 0.15) is 43.9 Å². The third-order valence-corrected chi connectivity index (χ3v) is 9.69. The second-order valence-electron chi connectivity index (χ2n) is 9.29. The van der Waals surface area contributed by atoms with E-state index in [0.717, 1.165) is 23.3 Å². The first-order valence-electron chi connectivity index (χ1n) is 11.5. The zero-order chi connectivity index (χ0) is 24.5. The Morgan fingerprint density at radius 3 is 2.53 bits per heavy atom. The van der Waals surface area contributed by atoms with E-state index in [1.165, 1.54) is 4.31 Å². The van der Waals surface area contributed by atoms with Crippen molar-refractivity contribution in [2.24, 2.45) is 11.8 Å². The van der Waals surface area contributed by atoms with Crippen LogP contribution in [0, 0.1) is 18.8 Å². The number of hydrogen-bond acceptors (Lipinski definition) is 6. The van der Waals surface area contributed by atoms with Crippen molar-refractivity contribution in [3.8, 4) is 11.5 Å². The number of carboxylic acid groups (broad SMARTS) is 1. The maximum atomic E-state index is 13.8. The molecule has 3 atom stereocenters. The van der Waals surface area contributed by atoms with Crippen molar-refractivity contribution < 1.29 is 27.8 Å². The quantitative estimate of drug-likeness (QED) is 0.555. The van der Waals surface area contributed by atoms with E-state index in [4.69, 9.17) is 9.47 Å². The molecule has 4 rings (SSSR count). The lowest BCUT2D eigenvalue weighted by molar-refractivity contribution is -0.143. The van der Waals surface area contributed by atoms with Crippen molar-refractivity contribution >= 4 is 27.8 Å². The molecule has 9 heteroatoms. The van der Waals surface area contributed by atoms with Crippen molar-refractivity contribution in [2.45, 2.75) is 49.8 Å². The molecule has 2 heterocycles. The number of sulfonamides is 1. The van der Waals surface area contributed by atoms with Crippen LogP contribution in [-0.4, -0.2) is 48.1 Å². The normalized spacial score (nSPS) is 22.8. The van der Waals surface area contributed by atoms with Gasteiger partial charge < -0.3 is 14.6 Å². The van der Waals surface area contributed by atoms with Gasteiger partial charge in [0.25, 0.3) is 0 Å². The number of aryl methyl sites for hydroxylation is 1. The Labute approximate surface area is 205 Å². The molecule has 0 saturated carbocycles. The minimum Gasteiger partial charge on any atom is -0.481 e. The predicted octanol–water partition coefficient (Wildman–Crippen LogP) is 4.71. The largest absolute Gasteiger partial charge is 0.481 e. The molecular weight excluding hydrogens is 474 g/mol. The maximum Gasteiger partial charge on any atom is 0.308 e. The van der Waals surface area contributed by atoms with Crippen molar-refractivity contribution in [2.75, 3.05) is 19.1 Å². The summed E-state index contributed by atoms with van der Waals surface area (Å²) < 4.78 is 39.9. The zero-order valence-corrected chi connectivity index (χ0v) is 21.3. The first-order chi connectivity index (χ1) is 16.2. The molecule has 184 valence electrons. The monoisotopic (exact) mass is 505 g/mol. The van der Waals surface area contributed by atoms with E-state index >= 15 is 0 Å². The second-order valence-corrected chi connectivity index (χ2v) is 12.5. The number of hydrogen-bond donors (Lipinski definition) is 1. The van der Waals surface area contributed by atoms with E-state index in [1.807, 2.05) is 19.1 Å². The van der Waals surface area contributed by atoms with E-state index in [9.17, 15) is 18.3 Å². The number of nitrogens with zero attached hydrogens (tertiary/aromatic N) is 1. The average Bonchev–Trinajstić information content (AvgIpc) is 3.26. The standard InChI is InChI=1S/C25H31NO6S2/c1-16(2)10-11-33-24-13-21(18-6-9-22-23(12-18)32-15-31-22)26(14-20(24)25(27)28)34(29,30)19-7-4-17(3)5-8-19/h4-9,12,16,20-21,24H,10-11,13-15H2,1-3H3,(H,27,28)/t20-,21+,24-/m1/s1. The summed E-state index contributed by atoms with van der Waals surface area (Å²) in [5.74, 6) is 0.804. The number of thioether (sulfide) groups is 1. The van der Waals surface area contributed by atoms with Gasteiger partial charge in [0.1, 0.15) is 0 Å². The van der Waals surface area contributed by atoms with Gasteiger partial charge in [-0.2, -0.15) is 16.1 Å². The Balaban J connectivity index is 1.72. The minimum absolute atomic E-state index is 0.0794. The molecule has 0 amide bonds. The smallest absolute Gasteiger partial charge is 0.308 e. The summed E-state index contributed by atoms with van der Waals surface area (Å²) in [7, 11) is -3.93. The average molecular weight is 506 g/mol. The molecule has 1 fully saturated rings. The Morgan fingerprint density at radius 2 is 1.85 bits per heavy atom. The van der Waals surface area contributed by atoms with Gasteiger partial charge in [-0.3, -0.25) is 4.79 Å². The number of piperidine rings is 1. The Bertz CT molecular complexity index is 1130. The van der Waals surface area contributed by atoms with Crippen molar-refractivity contribution in [1.29, 1.82) is 0 Å². The predicted molar refractivity (Wildman–Crippen MR) is 132 cm³/mol. The molecule has 7 nitrogen and oxygen atoms in total. The van der Waals surface area contributed by atoms with E-state index in [-0.39, 0.29) is 23.5 Å². The fourth-order valence-electron chi connectivity index (χ4n) is 4.35. The van der Waals surface area contributed by atoms with Gasteiger partial charge in [-0.1, -0.05) is 37.6 Å². The minimum atomic E-state index is -3.93. The Hall–Kier alpha value is -2.23. The van der Waals surface area contributed by atoms with Crippen LogP contribution in [0.5, 0.6) is 11.5 Å². The van der Waals surface area contributed by atoms with Crippen LogP contribution >= 0.6 is 11.8 Å². The van der Waals surface area contributed by atoms with Gasteiger partial charge in [-0.25, -0.2) is 8.42 Å². The van der Waals surface area contributed by atoms with Crippen molar-refractivity contribution in [3.05, 3.63) is 53.6 Å². The first kappa shape index (κ1) is 24.9. The number of fused-ring (bicyclic) bond motifs is 1. The van der Waals surface area contributed by atoms with Gasteiger partial charge in [0, 0.05) is 11.8 Å². The van der Waals surface area contributed by atoms with Crippen LogP contribution in [0.2, 0.25) is 0 Å².